The van der Waals surface area contributed by atoms with Crippen LogP contribution in [0.25, 0.3) is 0 Å². The van der Waals surface area contributed by atoms with Crippen LogP contribution >= 0.6 is 35.1 Å². The highest BCUT2D eigenvalue weighted by atomic mass is 35.5. The van der Waals surface area contributed by atoms with E-state index in [1.165, 1.54) is 30.6 Å². The molecule has 1 spiro atoms. The van der Waals surface area contributed by atoms with Crippen LogP contribution in [0.3, 0.4) is 0 Å². The van der Waals surface area contributed by atoms with Crippen LogP contribution in [0.5, 0.6) is 0 Å². The van der Waals surface area contributed by atoms with Crippen LogP contribution in [0, 0.1) is 0 Å². The third-order valence-corrected chi connectivity index (χ3v) is 7.82. The number of anilines is 2. The first-order valence-corrected chi connectivity index (χ1v) is 11.1. The molecule has 30 heavy (non-hydrogen) atoms. The second-order valence-corrected chi connectivity index (χ2v) is 9.62. The maximum Gasteiger partial charge on any atom is 0.365 e. The monoisotopic (exact) mass is 459 g/mol. The summed E-state index contributed by atoms with van der Waals surface area (Å²) in [4.78, 5) is 27.5. The molecule has 1 atom stereocenters. The summed E-state index contributed by atoms with van der Waals surface area (Å²) in [5.74, 6) is -0.583. The number of carbonyl (C=O) groups excluding carboxylic acids is 2. The number of hydrazone groups is 1. The Morgan fingerprint density at radius 1 is 1.07 bits per heavy atom. The summed E-state index contributed by atoms with van der Waals surface area (Å²) in [6.45, 7) is 3.44. The van der Waals surface area contributed by atoms with E-state index in [0.717, 1.165) is 11.4 Å². The molecule has 9 heteroatoms. The summed E-state index contributed by atoms with van der Waals surface area (Å²) >= 11 is 8.85. The zero-order valence-electron chi connectivity index (χ0n) is 16.5. The molecular formula is C21H18ClN3O3S2. The Balaban J connectivity index is 1.92. The highest BCUT2D eigenvalue weighted by molar-refractivity contribution is 8.29. The number of thioether (sulfide) groups is 2. The van der Waals surface area contributed by atoms with Gasteiger partial charge in [-0.15, -0.1) is 0 Å². The average Bonchev–Trinajstić information content (AvgIpc) is 3.26. The number of methoxy groups -OCH3 is 1. The van der Waals surface area contributed by atoms with Crippen LogP contribution in [0.4, 0.5) is 11.4 Å². The van der Waals surface area contributed by atoms with Gasteiger partial charge < -0.3 is 9.64 Å². The van der Waals surface area contributed by atoms with E-state index in [0.29, 0.717) is 15.6 Å². The normalized spacial score (nSPS) is 20.7. The Hall–Kier alpha value is -2.42. The molecule has 0 saturated carbocycles. The highest BCUT2D eigenvalue weighted by Gasteiger charge is 2.57. The lowest BCUT2D eigenvalue weighted by Gasteiger charge is -2.41. The van der Waals surface area contributed by atoms with Crippen LogP contribution in [0.2, 0.25) is 5.02 Å². The van der Waals surface area contributed by atoms with Gasteiger partial charge in [-0.05, 0) is 55.9 Å². The van der Waals surface area contributed by atoms with Crippen molar-refractivity contribution in [1.82, 2.24) is 0 Å². The summed E-state index contributed by atoms with van der Waals surface area (Å²) in [5.41, 5.74) is 2.36. The van der Waals surface area contributed by atoms with E-state index in [1.54, 1.807) is 24.1 Å². The van der Waals surface area contributed by atoms with Crippen LogP contribution in [0.1, 0.15) is 13.8 Å². The van der Waals surface area contributed by atoms with Crippen molar-refractivity contribution in [1.29, 1.82) is 0 Å². The molecule has 0 fully saturated rings. The van der Waals surface area contributed by atoms with Gasteiger partial charge in [-0.2, -0.15) is 5.10 Å². The third-order valence-electron chi connectivity index (χ3n) is 4.62. The van der Waals surface area contributed by atoms with Crippen LogP contribution in [-0.2, 0) is 14.3 Å². The van der Waals surface area contributed by atoms with Crippen LogP contribution < -0.4 is 9.91 Å². The van der Waals surface area contributed by atoms with E-state index in [4.69, 9.17) is 16.3 Å². The Morgan fingerprint density at radius 2 is 1.77 bits per heavy atom. The van der Waals surface area contributed by atoms with Gasteiger partial charge in [0.1, 0.15) is 0 Å². The number of hydrogen-bond acceptors (Lipinski definition) is 8. The molecule has 2 aliphatic heterocycles. The molecule has 2 aromatic carbocycles. The fourth-order valence-electron chi connectivity index (χ4n) is 3.37. The first-order valence-electron chi connectivity index (χ1n) is 9.05. The SMILES string of the molecule is COC(=O)C1=NN(c2cccc(Cl)c2)[C@@]2(S1)SC(C(C)=O)=C(C)N2c1ccccc1. The number of esters is 1. The van der Waals surface area contributed by atoms with E-state index in [1.807, 2.05) is 54.3 Å². The molecule has 2 heterocycles. The molecule has 2 aromatic rings. The third kappa shape index (κ3) is 3.38. The summed E-state index contributed by atoms with van der Waals surface area (Å²) < 4.78 is 3.98. The fourth-order valence-corrected chi connectivity index (χ4v) is 6.53. The number of ketones is 1. The zero-order valence-corrected chi connectivity index (χ0v) is 18.8. The minimum Gasteiger partial charge on any atom is -0.464 e. The minimum atomic E-state index is -0.958. The summed E-state index contributed by atoms with van der Waals surface area (Å²) in [7, 11) is 1.32. The summed E-state index contributed by atoms with van der Waals surface area (Å²) in [5, 5.41) is 7.06. The summed E-state index contributed by atoms with van der Waals surface area (Å²) in [6.07, 6.45) is 0. The van der Waals surface area contributed by atoms with E-state index >= 15 is 0 Å². The van der Waals surface area contributed by atoms with Gasteiger partial charge in [-0.25, -0.2) is 9.80 Å². The molecule has 0 bridgehead atoms. The molecule has 0 unspecified atom stereocenters. The van der Waals surface area contributed by atoms with Crippen molar-refractivity contribution < 1.29 is 14.3 Å². The number of nitrogens with zero attached hydrogens (tertiary/aromatic N) is 3. The van der Waals surface area contributed by atoms with Gasteiger partial charge in [0.2, 0.25) is 9.37 Å². The van der Waals surface area contributed by atoms with Crippen molar-refractivity contribution in [3.05, 3.63) is 70.2 Å². The first-order chi connectivity index (χ1) is 14.4. The number of hydrogen-bond donors (Lipinski definition) is 0. The largest absolute Gasteiger partial charge is 0.464 e. The second-order valence-electron chi connectivity index (χ2n) is 6.58. The van der Waals surface area contributed by atoms with Crippen molar-refractivity contribution >= 4 is 63.3 Å². The van der Waals surface area contributed by atoms with Gasteiger partial charge in [-0.3, -0.25) is 4.79 Å². The van der Waals surface area contributed by atoms with Gasteiger partial charge in [-0.1, -0.05) is 47.6 Å². The standard InChI is InChI=1S/C21H18ClN3O3S2/c1-13-18(14(2)26)29-21(24(13)16-9-5-4-6-10-16)25(17-11-7-8-15(22)12-17)23-19(30-21)20(27)28-3/h4-12H,1-3H3/t21-/m1/s1. The van der Waals surface area contributed by atoms with Crippen molar-refractivity contribution in [3.63, 3.8) is 0 Å². The number of Topliss-reactive ketones (excluding diaryl/α,β-unsaturated/α-hetero) is 1. The number of benzene rings is 2. The second kappa shape index (κ2) is 8.02. The maximum absolute atomic E-state index is 12.5. The smallest absolute Gasteiger partial charge is 0.365 e. The Bertz CT molecular complexity index is 1090. The van der Waals surface area contributed by atoms with Gasteiger partial charge in [0.15, 0.2) is 5.78 Å². The minimum absolute atomic E-state index is 0.0477. The molecule has 6 nitrogen and oxygen atoms in total. The number of allylic oxidation sites excluding steroid dienone is 2. The first kappa shape index (κ1) is 20.8. The Morgan fingerprint density at radius 3 is 2.40 bits per heavy atom. The van der Waals surface area contributed by atoms with Crippen molar-refractivity contribution in [2.24, 2.45) is 5.10 Å². The fraction of sp³-hybridized carbons (Fsp3) is 0.190. The number of rotatable bonds is 4. The van der Waals surface area contributed by atoms with Gasteiger partial charge in [0.25, 0.3) is 0 Å². The van der Waals surface area contributed by atoms with Crippen LogP contribution in [0.15, 0.2) is 70.3 Å². The summed E-state index contributed by atoms with van der Waals surface area (Å²) in [6, 6.07) is 16.9. The quantitative estimate of drug-likeness (QED) is 0.592. The predicted molar refractivity (Wildman–Crippen MR) is 124 cm³/mol. The number of carbonyl (C=O) groups is 2. The molecule has 0 amide bonds. The Labute approximate surface area is 187 Å². The van der Waals surface area contributed by atoms with Crippen LogP contribution in [-0.4, -0.2) is 28.2 Å². The van der Waals surface area contributed by atoms with Crippen molar-refractivity contribution in [3.8, 4) is 0 Å². The van der Waals surface area contributed by atoms with Crippen molar-refractivity contribution in [2.75, 3.05) is 17.0 Å². The number of para-hydroxylation sites is 1. The number of ether oxygens (including phenoxy) is 1. The van der Waals surface area contributed by atoms with E-state index in [2.05, 4.69) is 5.10 Å². The molecule has 0 saturated heterocycles. The molecule has 0 N–H and O–H groups in total. The molecule has 2 aliphatic rings. The Kier molecular flexibility index (Phi) is 5.57. The molecule has 4 rings (SSSR count). The van der Waals surface area contributed by atoms with E-state index in [9.17, 15) is 9.59 Å². The molecule has 0 aliphatic carbocycles. The molecule has 0 aromatic heterocycles. The molecular weight excluding hydrogens is 442 g/mol. The average molecular weight is 460 g/mol. The lowest BCUT2D eigenvalue weighted by Crippen LogP contribution is -2.49. The maximum atomic E-state index is 12.5. The molecule has 154 valence electrons. The van der Waals surface area contributed by atoms with E-state index < -0.39 is 10.3 Å². The van der Waals surface area contributed by atoms with E-state index in [-0.39, 0.29) is 10.8 Å². The van der Waals surface area contributed by atoms with Crippen molar-refractivity contribution in [2.45, 2.75) is 18.2 Å². The van der Waals surface area contributed by atoms with Gasteiger partial charge in [0, 0.05) is 16.4 Å². The lowest BCUT2D eigenvalue weighted by molar-refractivity contribution is -0.132. The lowest BCUT2D eigenvalue weighted by atomic mass is 10.2. The van der Waals surface area contributed by atoms with Gasteiger partial charge in [0.05, 0.1) is 17.7 Å². The predicted octanol–water partition coefficient (Wildman–Crippen LogP) is 5.06. The number of halogens is 1. The highest BCUT2D eigenvalue weighted by Crippen LogP contribution is 2.60. The topological polar surface area (TPSA) is 62.2 Å². The van der Waals surface area contributed by atoms with Gasteiger partial charge >= 0.3 is 5.97 Å². The molecule has 0 radical (unpaired) electrons. The zero-order chi connectivity index (χ0) is 21.5.